The molecule has 1 aliphatic heterocycles. The highest BCUT2D eigenvalue weighted by Gasteiger charge is 2.36. The van der Waals surface area contributed by atoms with Crippen LogP contribution in [0.25, 0.3) is 0 Å². The van der Waals surface area contributed by atoms with Gasteiger partial charge in [-0.3, -0.25) is 9.59 Å². The van der Waals surface area contributed by atoms with E-state index in [0.717, 1.165) is 18.4 Å². The number of hydrogen-bond acceptors (Lipinski definition) is 3. The standard InChI is InChI=1S/C17H25N3O2/c1-3-19(4-2)17(22)15-6-5-11-20(15)16(21)14-9-7-13(12-18)8-10-14/h7-10,15H,3-6,11-12,18H2,1-2H3. The second-order valence-electron chi connectivity index (χ2n) is 5.57. The summed E-state index contributed by atoms with van der Waals surface area (Å²) in [5.41, 5.74) is 7.19. The second-order valence-corrected chi connectivity index (χ2v) is 5.57. The number of likely N-dealkylation sites (N-methyl/N-ethyl adjacent to an activating group) is 1. The van der Waals surface area contributed by atoms with Crippen LogP contribution in [-0.4, -0.2) is 47.3 Å². The van der Waals surface area contributed by atoms with Gasteiger partial charge in [-0.25, -0.2) is 0 Å². The Labute approximate surface area is 132 Å². The lowest BCUT2D eigenvalue weighted by atomic mass is 10.1. The molecule has 1 aliphatic rings. The normalized spacial score (nSPS) is 17.6. The molecule has 120 valence electrons. The van der Waals surface area contributed by atoms with Gasteiger partial charge >= 0.3 is 0 Å². The summed E-state index contributed by atoms with van der Waals surface area (Å²) in [6.45, 7) is 6.40. The minimum Gasteiger partial charge on any atom is -0.341 e. The fourth-order valence-corrected chi connectivity index (χ4v) is 2.96. The number of nitrogens with zero attached hydrogens (tertiary/aromatic N) is 2. The molecular formula is C17H25N3O2. The lowest BCUT2D eigenvalue weighted by Gasteiger charge is -2.29. The monoisotopic (exact) mass is 303 g/mol. The number of nitrogens with two attached hydrogens (primary N) is 1. The number of rotatable bonds is 5. The zero-order chi connectivity index (χ0) is 16.1. The molecule has 2 N–H and O–H groups in total. The molecule has 2 amide bonds. The molecule has 1 unspecified atom stereocenters. The van der Waals surface area contributed by atoms with Crippen molar-refractivity contribution in [3.8, 4) is 0 Å². The summed E-state index contributed by atoms with van der Waals surface area (Å²) in [4.78, 5) is 28.8. The van der Waals surface area contributed by atoms with E-state index in [2.05, 4.69) is 0 Å². The number of carbonyl (C=O) groups excluding carboxylic acids is 2. The van der Waals surface area contributed by atoms with E-state index in [9.17, 15) is 9.59 Å². The molecule has 1 fully saturated rings. The highest BCUT2D eigenvalue weighted by molar-refractivity contribution is 5.98. The van der Waals surface area contributed by atoms with Gasteiger partial charge in [-0.05, 0) is 44.4 Å². The minimum absolute atomic E-state index is 0.0634. The summed E-state index contributed by atoms with van der Waals surface area (Å²) < 4.78 is 0. The van der Waals surface area contributed by atoms with E-state index < -0.39 is 0 Å². The molecule has 0 spiro atoms. The predicted octanol–water partition coefficient (Wildman–Crippen LogP) is 1.62. The van der Waals surface area contributed by atoms with Gasteiger partial charge in [0.2, 0.25) is 5.91 Å². The van der Waals surface area contributed by atoms with Crippen LogP contribution in [0.5, 0.6) is 0 Å². The molecule has 0 saturated carbocycles. The van der Waals surface area contributed by atoms with Crippen molar-refractivity contribution in [2.45, 2.75) is 39.3 Å². The summed E-state index contributed by atoms with van der Waals surface area (Å²) in [7, 11) is 0. The highest BCUT2D eigenvalue weighted by Crippen LogP contribution is 2.22. The molecule has 5 heteroatoms. The van der Waals surface area contributed by atoms with Gasteiger partial charge in [0, 0.05) is 31.7 Å². The maximum Gasteiger partial charge on any atom is 0.254 e. The van der Waals surface area contributed by atoms with Gasteiger partial charge < -0.3 is 15.5 Å². The Morgan fingerprint density at radius 3 is 2.41 bits per heavy atom. The summed E-state index contributed by atoms with van der Waals surface area (Å²) >= 11 is 0. The topological polar surface area (TPSA) is 66.6 Å². The lowest BCUT2D eigenvalue weighted by Crippen LogP contribution is -2.47. The van der Waals surface area contributed by atoms with Crippen LogP contribution in [0.2, 0.25) is 0 Å². The Morgan fingerprint density at radius 1 is 1.23 bits per heavy atom. The molecule has 0 aliphatic carbocycles. The molecule has 1 saturated heterocycles. The van der Waals surface area contributed by atoms with Crippen LogP contribution in [0.15, 0.2) is 24.3 Å². The zero-order valence-corrected chi connectivity index (χ0v) is 13.4. The fourth-order valence-electron chi connectivity index (χ4n) is 2.96. The second kappa shape index (κ2) is 7.40. The van der Waals surface area contributed by atoms with Crippen LogP contribution in [-0.2, 0) is 11.3 Å². The van der Waals surface area contributed by atoms with Gasteiger partial charge in [0.1, 0.15) is 6.04 Å². The molecule has 5 nitrogen and oxygen atoms in total. The van der Waals surface area contributed by atoms with Gasteiger partial charge in [-0.2, -0.15) is 0 Å². The number of amides is 2. The first kappa shape index (κ1) is 16.5. The summed E-state index contributed by atoms with van der Waals surface area (Å²) in [5.74, 6) is 0.000931. The van der Waals surface area contributed by atoms with Gasteiger partial charge in [0.05, 0.1) is 0 Å². The van der Waals surface area contributed by atoms with E-state index in [1.807, 2.05) is 26.0 Å². The molecule has 0 radical (unpaired) electrons. The van der Waals surface area contributed by atoms with E-state index in [1.165, 1.54) is 0 Å². The van der Waals surface area contributed by atoms with Crippen LogP contribution in [0.3, 0.4) is 0 Å². The molecular weight excluding hydrogens is 278 g/mol. The molecule has 1 heterocycles. The number of carbonyl (C=O) groups is 2. The maximum absolute atomic E-state index is 12.7. The first-order chi connectivity index (χ1) is 10.6. The van der Waals surface area contributed by atoms with Gasteiger partial charge in [0.25, 0.3) is 5.91 Å². The van der Waals surface area contributed by atoms with Gasteiger partial charge in [0.15, 0.2) is 0 Å². The Bertz CT molecular complexity index is 523. The van der Waals surface area contributed by atoms with E-state index >= 15 is 0 Å². The van der Waals surface area contributed by atoms with Crippen molar-refractivity contribution in [2.75, 3.05) is 19.6 Å². The average Bonchev–Trinajstić information content (AvgIpc) is 3.04. The molecule has 2 rings (SSSR count). The van der Waals surface area contributed by atoms with Crippen molar-refractivity contribution in [1.82, 2.24) is 9.80 Å². The zero-order valence-electron chi connectivity index (χ0n) is 13.4. The van der Waals surface area contributed by atoms with Crippen LogP contribution >= 0.6 is 0 Å². The van der Waals surface area contributed by atoms with Crippen molar-refractivity contribution in [1.29, 1.82) is 0 Å². The Hall–Kier alpha value is -1.88. The Balaban J connectivity index is 2.15. The highest BCUT2D eigenvalue weighted by atomic mass is 16.2. The van der Waals surface area contributed by atoms with Crippen LogP contribution in [0.1, 0.15) is 42.6 Å². The number of hydrogen-bond donors (Lipinski definition) is 1. The van der Waals surface area contributed by atoms with E-state index in [4.69, 9.17) is 5.73 Å². The SMILES string of the molecule is CCN(CC)C(=O)C1CCCN1C(=O)c1ccc(CN)cc1. The fraction of sp³-hybridized carbons (Fsp3) is 0.529. The quantitative estimate of drug-likeness (QED) is 0.899. The summed E-state index contributed by atoms with van der Waals surface area (Å²) in [6, 6.07) is 7.00. The first-order valence-corrected chi connectivity index (χ1v) is 8.01. The van der Waals surface area contributed by atoms with Crippen LogP contribution < -0.4 is 5.73 Å². The Kier molecular flexibility index (Phi) is 5.55. The van der Waals surface area contributed by atoms with Crippen molar-refractivity contribution in [3.05, 3.63) is 35.4 Å². The minimum atomic E-state index is -0.318. The predicted molar refractivity (Wildman–Crippen MR) is 86.3 cm³/mol. The summed E-state index contributed by atoms with van der Waals surface area (Å²) in [6.07, 6.45) is 1.63. The van der Waals surface area contributed by atoms with Crippen molar-refractivity contribution in [2.24, 2.45) is 5.73 Å². The molecule has 1 atom stereocenters. The first-order valence-electron chi connectivity index (χ1n) is 8.01. The Morgan fingerprint density at radius 2 is 1.86 bits per heavy atom. The van der Waals surface area contributed by atoms with E-state index in [0.29, 0.717) is 31.7 Å². The third-order valence-electron chi connectivity index (χ3n) is 4.31. The third kappa shape index (κ3) is 3.30. The van der Waals surface area contributed by atoms with Gasteiger partial charge in [-0.15, -0.1) is 0 Å². The average molecular weight is 303 g/mol. The summed E-state index contributed by atoms with van der Waals surface area (Å²) in [5, 5.41) is 0. The lowest BCUT2D eigenvalue weighted by molar-refractivity contribution is -0.134. The number of likely N-dealkylation sites (tertiary alicyclic amines) is 1. The number of benzene rings is 1. The van der Waals surface area contributed by atoms with E-state index in [1.54, 1.807) is 21.9 Å². The van der Waals surface area contributed by atoms with Crippen LogP contribution in [0.4, 0.5) is 0 Å². The molecule has 22 heavy (non-hydrogen) atoms. The van der Waals surface area contributed by atoms with Crippen molar-refractivity contribution in [3.63, 3.8) is 0 Å². The van der Waals surface area contributed by atoms with Crippen molar-refractivity contribution >= 4 is 11.8 Å². The van der Waals surface area contributed by atoms with Gasteiger partial charge in [-0.1, -0.05) is 12.1 Å². The molecule has 1 aromatic rings. The molecule has 0 bridgehead atoms. The largest absolute Gasteiger partial charge is 0.341 e. The smallest absolute Gasteiger partial charge is 0.254 e. The maximum atomic E-state index is 12.7. The molecule has 0 aromatic heterocycles. The van der Waals surface area contributed by atoms with E-state index in [-0.39, 0.29) is 17.9 Å². The molecule has 1 aromatic carbocycles. The van der Waals surface area contributed by atoms with Crippen molar-refractivity contribution < 1.29 is 9.59 Å². The third-order valence-corrected chi connectivity index (χ3v) is 4.31. The van der Waals surface area contributed by atoms with Crippen LogP contribution in [0, 0.1) is 0 Å².